The number of para-hydroxylation sites is 1. The number of fused-ring (bicyclic) bond motifs is 1. The van der Waals surface area contributed by atoms with Gasteiger partial charge in [0.15, 0.2) is 0 Å². The number of benzene rings is 1. The van der Waals surface area contributed by atoms with Crippen LogP contribution in [0.4, 0.5) is 0 Å². The minimum Gasteiger partial charge on any atom is -0.475 e. The lowest BCUT2D eigenvalue weighted by molar-refractivity contribution is -0.0168. The Labute approximate surface area is 158 Å². The van der Waals surface area contributed by atoms with Crippen LogP contribution in [-0.4, -0.2) is 34.7 Å². The van der Waals surface area contributed by atoms with Crippen LogP contribution < -0.4 is 10.1 Å². The minimum absolute atomic E-state index is 0.171. The molecule has 0 spiro atoms. The number of ether oxygens (including phenoxy) is 2. The van der Waals surface area contributed by atoms with E-state index in [1.54, 1.807) is 12.1 Å². The van der Waals surface area contributed by atoms with Gasteiger partial charge in [0.25, 0.3) is 5.91 Å². The second kappa shape index (κ2) is 8.22. The van der Waals surface area contributed by atoms with Crippen molar-refractivity contribution in [1.82, 2.24) is 15.3 Å². The van der Waals surface area contributed by atoms with Gasteiger partial charge in [-0.1, -0.05) is 18.2 Å². The molecule has 2 aromatic heterocycles. The Morgan fingerprint density at radius 1 is 1.15 bits per heavy atom. The number of pyridine rings is 1. The molecule has 0 aliphatic heterocycles. The molecule has 0 atom stereocenters. The predicted octanol–water partition coefficient (Wildman–Crippen LogP) is 3.69. The molecule has 0 saturated carbocycles. The zero-order valence-electron chi connectivity index (χ0n) is 15.9. The molecule has 27 heavy (non-hydrogen) atoms. The Morgan fingerprint density at radius 2 is 1.96 bits per heavy atom. The van der Waals surface area contributed by atoms with Gasteiger partial charge < -0.3 is 19.8 Å². The number of H-pyrrole nitrogens is 1. The number of nitrogens with one attached hydrogen (secondary N) is 2. The Morgan fingerprint density at radius 3 is 2.70 bits per heavy atom. The van der Waals surface area contributed by atoms with E-state index in [-0.39, 0.29) is 11.5 Å². The molecule has 0 aliphatic carbocycles. The summed E-state index contributed by atoms with van der Waals surface area (Å²) in [5.74, 6) is 0.302. The normalized spacial score (nSPS) is 11.5. The van der Waals surface area contributed by atoms with E-state index < -0.39 is 0 Å². The lowest BCUT2D eigenvalue weighted by atomic mass is 10.1. The van der Waals surface area contributed by atoms with Gasteiger partial charge in [-0.25, -0.2) is 4.98 Å². The largest absolute Gasteiger partial charge is 0.475 e. The fourth-order valence-electron chi connectivity index (χ4n) is 2.65. The Bertz CT molecular complexity index is 895. The molecule has 6 nitrogen and oxygen atoms in total. The van der Waals surface area contributed by atoms with Crippen molar-refractivity contribution in [1.29, 1.82) is 0 Å². The van der Waals surface area contributed by atoms with Gasteiger partial charge >= 0.3 is 0 Å². The van der Waals surface area contributed by atoms with Crippen LogP contribution in [0.5, 0.6) is 5.88 Å². The van der Waals surface area contributed by atoms with Gasteiger partial charge in [0.2, 0.25) is 5.88 Å². The Hall–Kier alpha value is -2.86. The highest BCUT2D eigenvalue weighted by Gasteiger charge is 2.10. The van der Waals surface area contributed by atoms with Crippen molar-refractivity contribution in [3.05, 3.63) is 59.9 Å². The van der Waals surface area contributed by atoms with E-state index in [0.717, 1.165) is 16.5 Å². The third-order valence-corrected chi connectivity index (χ3v) is 3.98. The van der Waals surface area contributed by atoms with Gasteiger partial charge in [0, 0.05) is 35.9 Å². The minimum atomic E-state index is -0.191. The third kappa shape index (κ3) is 5.31. The van der Waals surface area contributed by atoms with E-state index in [2.05, 4.69) is 15.3 Å². The van der Waals surface area contributed by atoms with Crippen molar-refractivity contribution in [3.8, 4) is 5.88 Å². The second-order valence-electron chi connectivity index (χ2n) is 7.24. The highest BCUT2D eigenvalue weighted by molar-refractivity contribution is 5.94. The summed E-state index contributed by atoms with van der Waals surface area (Å²) in [6.45, 7) is 7.33. The number of hydrogen-bond donors (Lipinski definition) is 2. The average molecular weight is 367 g/mol. The number of aromatic nitrogens is 2. The van der Waals surface area contributed by atoms with Gasteiger partial charge in [-0.3, -0.25) is 4.79 Å². The quantitative estimate of drug-likeness (QED) is 0.625. The van der Waals surface area contributed by atoms with E-state index in [1.165, 1.54) is 6.20 Å². The summed E-state index contributed by atoms with van der Waals surface area (Å²) in [7, 11) is 0. The molecule has 2 heterocycles. The number of amides is 1. The van der Waals surface area contributed by atoms with Crippen molar-refractivity contribution in [3.63, 3.8) is 0 Å². The second-order valence-corrected chi connectivity index (χ2v) is 7.24. The van der Waals surface area contributed by atoms with E-state index in [4.69, 9.17) is 9.47 Å². The molecule has 2 N–H and O–H groups in total. The highest BCUT2D eigenvalue weighted by atomic mass is 16.5. The fraction of sp³-hybridized carbons (Fsp3) is 0.333. The summed E-state index contributed by atoms with van der Waals surface area (Å²) in [5, 5.41) is 4.03. The number of rotatable bonds is 7. The van der Waals surface area contributed by atoms with Crippen molar-refractivity contribution in [2.45, 2.75) is 32.9 Å². The van der Waals surface area contributed by atoms with Crippen LogP contribution in [0.15, 0.2) is 48.8 Å². The monoisotopic (exact) mass is 367 g/mol. The predicted molar refractivity (Wildman–Crippen MR) is 105 cm³/mol. The summed E-state index contributed by atoms with van der Waals surface area (Å²) in [5.41, 5.74) is 2.41. The summed E-state index contributed by atoms with van der Waals surface area (Å²) >= 11 is 0. The number of nitrogens with zero attached hydrogens (tertiary/aromatic N) is 1. The molecule has 1 amide bonds. The topological polar surface area (TPSA) is 76.2 Å². The van der Waals surface area contributed by atoms with Crippen molar-refractivity contribution in [2.24, 2.45) is 0 Å². The van der Waals surface area contributed by atoms with Crippen LogP contribution in [-0.2, 0) is 11.3 Å². The molecule has 0 aliphatic rings. The molecule has 3 rings (SSSR count). The molecule has 142 valence electrons. The SMILES string of the molecule is CC(C)(C)OCCOc1ccc(C(=O)NCc2c[nH]c3ccccc23)cn1. The van der Waals surface area contributed by atoms with Crippen LogP contribution in [0, 0.1) is 0 Å². The summed E-state index contributed by atoms with van der Waals surface area (Å²) in [6, 6.07) is 11.4. The summed E-state index contributed by atoms with van der Waals surface area (Å²) in [4.78, 5) is 19.7. The molecular formula is C21H25N3O3. The maximum Gasteiger partial charge on any atom is 0.253 e. The molecule has 1 aromatic carbocycles. The third-order valence-electron chi connectivity index (χ3n) is 3.98. The van der Waals surface area contributed by atoms with E-state index in [0.29, 0.717) is 31.2 Å². The molecule has 0 fully saturated rings. The van der Waals surface area contributed by atoms with Gasteiger partial charge in [-0.2, -0.15) is 0 Å². The molecule has 0 radical (unpaired) electrons. The first-order valence-electron chi connectivity index (χ1n) is 8.98. The van der Waals surface area contributed by atoms with Crippen LogP contribution in [0.1, 0.15) is 36.7 Å². The van der Waals surface area contributed by atoms with E-state index in [9.17, 15) is 4.79 Å². The van der Waals surface area contributed by atoms with Gasteiger partial charge in [0.1, 0.15) is 6.61 Å². The molecule has 3 aromatic rings. The number of carbonyl (C=O) groups excluding carboxylic acids is 1. The molecule has 0 unspecified atom stereocenters. The number of aromatic amines is 1. The van der Waals surface area contributed by atoms with Gasteiger partial charge in [0.05, 0.1) is 17.8 Å². The molecular weight excluding hydrogens is 342 g/mol. The van der Waals surface area contributed by atoms with Gasteiger partial charge in [-0.15, -0.1) is 0 Å². The van der Waals surface area contributed by atoms with E-state index in [1.807, 2.05) is 51.2 Å². The first-order chi connectivity index (χ1) is 12.9. The average Bonchev–Trinajstić information content (AvgIpc) is 3.06. The van der Waals surface area contributed by atoms with Crippen LogP contribution in [0.25, 0.3) is 10.9 Å². The Kier molecular flexibility index (Phi) is 5.76. The van der Waals surface area contributed by atoms with Crippen molar-refractivity contribution >= 4 is 16.8 Å². The number of hydrogen-bond acceptors (Lipinski definition) is 4. The lowest BCUT2D eigenvalue weighted by Crippen LogP contribution is -2.23. The maximum absolute atomic E-state index is 12.3. The zero-order valence-corrected chi connectivity index (χ0v) is 15.9. The highest BCUT2D eigenvalue weighted by Crippen LogP contribution is 2.17. The van der Waals surface area contributed by atoms with Crippen LogP contribution >= 0.6 is 0 Å². The Balaban J connectivity index is 1.50. The molecule has 0 saturated heterocycles. The molecule has 6 heteroatoms. The first-order valence-corrected chi connectivity index (χ1v) is 8.98. The first kappa shape index (κ1) is 18.9. The summed E-state index contributed by atoms with van der Waals surface area (Å²) < 4.78 is 11.1. The van der Waals surface area contributed by atoms with Crippen LogP contribution in [0.2, 0.25) is 0 Å². The van der Waals surface area contributed by atoms with Crippen LogP contribution in [0.3, 0.4) is 0 Å². The fourth-order valence-corrected chi connectivity index (χ4v) is 2.65. The van der Waals surface area contributed by atoms with Crippen molar-refractivity contribution in [2.75, 3.05) is 13.2 Å². The lowest BCUT2D eigenvalue weighted by Gasteiger charge is -2.19. The maximum atomic E-state index is 12.3. The molecule has 0 bridgehead atoms. The van der Waals surface area contributed by atoms with Crippen molar-refractivity contribution < 1.29 is 14.3 Å². The standard InChI is InChI=1S/C21H25N3O3/c1-21(2,3)27-11-10-26-19-9-8-15(12-23-19)20(25)24-14-16-13-22-18-7-5-4-6-17(16)18/h4-9,12-13,22H,10-11,14H2,1-3H3,(H,24,25). The number of carbonyl (C=O) groups is 1. The smallest absolute Gasteiger partial charge is 0.253 e. The van der Waals surface area contributed by atoms with Gasteiger partial charge in [-0.05, 0) is 38.5 Å². The zero-order chi connectivity index (χ0) is 19.3. The summed E-state index contributed by atoms with van der Waals surface area (Å²) in [6.07, 6.45) is 3.43. The van der Waals surface area contributed by atoms with E-state index >= 15 is 0 Å².